The van der Waals surface area contributed by atoms with Gasteiger partial charge in [-0.2, -0.15) is 0 Å². The topological polar surface area (TPSA) is 124 Å². The Kier molecular flexibility index (Phi) is 6.31. The van der Waals surface area contributed by atoms with Gasteiger partial charge in [-0.15, -0.1) is 0 Å². The quantitative estimate of drug-likeness (QED) is 0.377. The van der Waals surface area contributed by atoms with Crippen LogP contribution in [0.15, 0.2) is 88.8 Å². The van der Waals surface area contributed by atoms with E-state index in [-0.39, 0.29) is 26.7 Å². The van der Waals surface area contributed by atoms with Crippen LogP contribution in [0.25, 0.3) is 10.9 Å². The largest absolute Gasteiger partial charge is 0.497 e. The molecule has 0 aliphatic heterocycles. The van der Waals surface area contributed by atoms with Crippen molar-refractivity contribution in [3.8, 4) is 11.5 Å². The lowest BCUT2D eigenvalue weighted by atomic mass is 10.1. The van der Waals surface area contributed by atoms with Gasteiger partial charge in [0, 0.05) is 11.6 Å². The Morgan fingerprint density at radius 3 is 1.62 bits per heavy atom. The Balaban J connectivity index is 1.68. The predicted octanol–water partition coefficient (Wildman–Crippen LogP) is 3.85. The van der Waals surface area contributed by atoms with Gasteiger partial charge in [-0.1, -0.05) is 0 Å². The molecule has 0 aliphatic rings. The normalized spacial score (nSPS) is 11.7. The molecule has 0 aliphatic carbocycles. The van der Waals surface area contributed by atoms with Crippen LogP contribution in [0.4, 0.5) is 11.4 Å². The summed E-state index contributed by atoms with van der Waals surface area (Å²) in [5.41, 5.74) is 0.750. The van der Waals surface area contributed by atoms with Crippen molar-refractivity contribution in [1.82, 2.24) is 4.98 Å². The van der Waals surface area contributed by atoms with Crippen molar-refractivity contribution in [2.45, 2.75) is 9.79 Å². The molecule has 0 spiro atoms. The van der Waals surface area contributed by atoms with Crippen LogP contribution in [0, 0.1) is 0 Å². The fourth-order valence-corrected chi connectivity index (χ4v) is 5.41. The highest BCUT2D eigenvalue weighted by molar-refractivity contribution is 7.93. The number of hydrogen-bond donors (Lipinski definition) is 2. The molecule has 176 valence electrons. The van der Waals surface area contributed by atoms with Crippen LogP contribution in [0.3, 0.4) is 0 Å². The Bertz CT molecular complexity index is 1420. The van der Waals surface area contributed by atoms with E-state index in [1.54, 1.807) is 36.4 Å². The molecule has 0 amide bonds. The standard InChI is InChI=1S/C23H21N3O6S2/c1-31-16-5-9-18(10-6-16)33(27,28)25-21-13-14-22(23-20(21)4-3-15-24-23)26-34(29,30)19-11-7-17(32-2)8-12-19/h3-15,25-26H,1-2H3. The van der Waals surface area contributed by atoms with Crippen LogP contribution in [0.2, 0.25) is 0 Å². The van der Waals surface area contributed by atoms with E-state index >= 15 is 0 Å². The Hall–Kier alpha value is -3.83. The minimum atomic E-state index is -3.92. The summed E-state index contributed by atoms with van der Waals surface area (Å²) < 4.78 is 66.8. The van der Waals surface area contributed by atoms with Gasteiger partial charge >= 0.3 is 0 Å². The molecule has 0 saturated carbocycles. The summed E-state index contributed by atoms with van der Waals surface area (Å²) in [5, 5.41) is 0.425. The lowest BCUT2D eigenvalue weighted by Crippen LogP contribution is -2.15. The van der Waals surface area contributed by atoms with Crippen molar-refractivity contribution in [1.29, 1.82) is 0 Å². The van der Waals surface area contributed by atoms with Gasteiger partial charge in [0.05, 0.1) is 40.9 Å². The summed E-state index contributed by atoms with van der Waals surface area (Å²) in [6.07, 6.45) is 1.50. The fraction of sp³-hybridized carbons (Fsp3) is 0.0870. The molecule has 0 saturated heterocycles. The predicted molar refractivity (Wildman–Crippen MR) is 129 cm³/mol. The number of sulfonamides is 2. The molecule has 1 aromatic heterocycles. The maximum atomic E-state index is 12.9. The third-order valence-electron chi connectivity index (χ3n) is 5.00. The number of anilines is 2. The van der Waals surface area contributed by atoms with Gasteiger partial charge in [-0.25, -0.2) is 16.8 Å². The summed E-state index contributed by atoms with van der Waals surface area (Å²) in [7, 11) is -4.85. The van der Waals surface area contributed by atoms with Crippen LogP contribution in [0.1, 0.15) is 0 Å². The van der Waals surface area contributed by atoms with E-state index in [4.69, 9.17) is 9.47 Å². The summed E-state index contributed by atoms with van der Waals surface area (Å²) in [5.74, 6) is 1.06. The first-order chi connectivity index (χ1) is 16.2. The lowest BCUT2D eigenvalue weighted by molar-refractivity contribution is 0.414. The molecule has 0 unspecified atom stereocenters. The van der Waals surface area contributed by atoms with E-state index in [2.05, 4.69) is 14.4 Å². The maximum absolute atomic E-state index is 12.9. The number of benzene rings is 3. The van der Waals surface area contributed by atoms with Gasteiger partial charge in [-0.05, 0) is 72.8 Å². The van der Waals surface area contributed by atoms with Gasteiger partial charge in [0.1, 0.15) is 11.5 Å². The van der Waals surface area contributed by atoms with Gasteiger partial charge in [0.2, 0.25) is 0 Å². The molecule has 11 heteroatoms. The molecular formula is C23H21N3O6S2. The highest BCUT2D eigenvalue weighted by Gasteiger charge is 2.20. The monoisotopic (exact) mass is 499 g/mol. The second-order valence-corrected chi connectivity index (χ2v) is 10.5. The number of ether oxygens (including phenoxy) is 2. The Labute approximate surface area is 197 Å². The minimum absolute atomic E-state index is 0.0432. The number of methoxy groups -OCH3 is 2. The van der Waals surface area contributed by atoms with E-state index < -0.39 is 20.0 Å². The molecule has 4 rings (SSSR count). The molecule has 0 bridgehead atoms. The molecule has 1 heterocycles. The Morgan fingerprint density at radius 1 is 0.647 bits per heavy atom. The molecule has 0 radical (unpaired) electrons. The number of pyridine rings is 1. The van der Waals surface area contributed by atoms with Gasteiger partial charge in [-0.3, -0.25) is 14.4 Å². The average Bonchev–Trinajstić information content (AvgIpc) is 2.85. The first-order valence-corrected chi connectivity index (χ1v) is 12.9. The third-order valence-corrected chi connectivity index (χ3v) is 7.76. The number of fused-ring (bicyclic) bond motifs is 1. The van der Waals surface area contributed by atoms with Crippen LogP contribution in [-0.4, -0.2) is 36.0 Å². The summed E-state index contributed by atoms with van der Waals surface area (Å²) >= 11 is 0. The van der Waals surface area contributed by atoms with Crippen LogP contribution in [-0.2, 0) is 20.0 Å². The van der Waals surface area contributed by atoms with Crippen molar-refractivity contribution >= 4 is 42.3 Å². The van der Waals surface area contributed by atoms with Crippen molar-refractivity contribution < 1.29 is 26.3 Å². The highest BCUT2D eigenvalue weighted by Crippen LogP contribution is 2.31. The van der Waals surface area contributed by atoms with Crippen molar-refractivity contribution in [2.75, 3.05) is 23.7 Å². The molecular weight excluding hydrogens is 478 g/mol. The molecule has 4 aromatic rings. The zero-order chi connectivity index (χ0) is 24.3. The van der Waals surface area contributed by atoms with Crippen LogP contribution >= 0.6 is 0 Å². The number of aromatic nitrogens is 1. The van der Waals surface area contributed by atoms with Crippen molar-refractivity contribution in [3.63, 3.8) is 0 Å². The first kappa shape index (κ1) is 23.3. The average molecular weight is 500 g/mol. The molecule has 9 nitrogen and oxygen atoms in total. The summed E-state index contributed by atoms with van der Waals surface area (Å²) in [4.78, 5) is 4.37. The zero-order valence-corrected chi connectivity index (χ0v) is 19.9. The van der Waals surface area contributed by atoms with Crippen LogP contribution < -0.4 is 18.9 Å². The lowest BCUT2D eigenvalue weighted by Gasteiger charge is -2.14. The van der Waals surface area contributed by atoms with E-state index in [0.29, 0.717) is 16.9 Å². The Morgan fingerprint density at radius 2 is 1.12 bits per heavy atom. The smallest absolute Gasteiger partial charge is 0.261 e. The maximum Gasteiger partial charge on any atom is 0.261 e. The SMILES string of the molecule is COc1ccc(S(=O)(=O)Nc2ccc(NS(=O)(=O)c3ccc(OC)cc3)c3ncccc23)cc1. The highest BCUT2D eigenvalue weighted by atomic mass is 32.2. The fourth-order valence-electron chi connectivity index (χ4n) is 3.26. The number of rotatable bonds is 8. The van der Waals surface area contributed by atoms with Gasteiger partial charge in [0.25, 0.3) is 20.0 Å². The number of nitrogens with one attached hydrogen (secondary N) is 2. The second-order valence-electron chi connectivity index (χ2n) is 7.12. The minimum Gasteiger partial charge on any atom is -0.497 e. The molecule has 3 aromatic carbocycles. The van der Waals surface area contributed by atoms with Crippen LogP contribution in [0.5, 0.6) is 11.5 Å². The van der Waals surface area contributed by atoms with E-state index in [1.165, 1.54) is 56.8 Å². The second kappa shape index (κ2) is 9.20. The van der Waals surface area contributed by atoms with Crippen molar-refractivity contribution in [2.24, 2.45) is 0 Å². The number of hydrogen-bond acceptors (Lipinski definition) is 7. The van der Waals surface area contributed by atoms with E-state index in [9.17, 15) is 16.8 Å². The number of nitrogens with zero attached hydrogens (tertiary/aromatic N) is 1. The summed E-state index contributed by atoms with van der Waals surface area (Å²) in [6, 6.07) is 18.1. The van der Waals surface area contributed by atoms with Gasteiger partial charge < -0.3 is 9.47 Å². The molecule has 0 atom stereocenters. The molecule has 0 fully saturated rings. The van der Waals surface area contributed by atoms with E-state index in [0.717, 1.165) is 0 Å². The van der Waals surface area contributed by atoms with Gasteiger partial charge in [0.15, 0.2) is 0 Å². The van der Waals surface area contributed by atoms with E-state index in [1.807, 2.05) is 0 Å². The van der Waals surface area contributed by atoms with Crippen molar-refractivity contribution in [3.05, 3.63) is 79.0 Å². The third kappa shape index (κ3) is 4.75. The molecule has 2 N–H and O–H groups in total. The molecule has 34 heavy (non-hydrogen) atoms. The zero-order valence-electron chi connectivity index (χ0n) is 18.2. The summed E-state index contributed by atoms with van der Waals surface area (Å²) in [6.45, 7) is 0. The first-order valence-electron chi connectivity index (χ1n) is 9.95.